The zero-order valence-electron chi connectivity index (χ0n) is 12.9. The maximum Gasteiger partial charge on any atom is 0.281 e. The fraction of sp³-hybridized carbons (Fsp3) is 0.118. The van der Waals surface area contributed by atoms with Crippen molar-refractivity contribution in [1.29, 1.82) is 0 Å². The van der Waals surface area contributed by atoms with E-state index in [9.17, 15) is 18.4 Å². The van der Waals surface area contributed by atoms with Gasteiger partial charge in [-0.3, -0.25) is 14.0 Å². The van der Waals surface area contributed by atoms with Crippen LogP contribution in [0.15, 0.2) is 41.3 Å². The van der Waals surface area contributed by atoms with Crippen LogP contribution in [-0.2, 0) is 0 Å². The Balaban J connectivity index is 2.10. The Kier molecular flexibility index (Phi) is 3.84. The number of carbonyl (C=O) groups is 1. The molecule has 122 valence electrons. The van der Waals surface area contributed by atoms with Gasteiger partial charge in [0.1, 0.15) is 28.5 Å². The number of benzene rings is 1. The number of carbonyl (C=O) groups excluding carboxylic acids is 1. The molecule has 5 nitrogen and oxygen atoms in total. The summed E-state index contributed by atoms with van der Waals surface area (Å²) in [7, 11) is 0. The van der Waals surface area contributed by atoms with E-state index in [1.165, 1.54) is 11.3 Å². The van der Waals surface area contributed by atoms with Gasteiger partial charge in [-0.25, -0.2) is 13.8 Å². The van der Waals surface area contributed by atoms with Crippen LogP contribution in [0, 0.1) is 25.5 Å². The van der Waals surface area contributed by atoms with Crippen LogP contribution < -0.4 is 10.9 Å². The number of anilines is 1. The summed E-state index contributed by atoms with van der Waals surface area (Å²) in [6.07, 6.45) is 1.57. The Hall–Kier alpha value is -3.09. The van der Waals surface area contributed by atoms with Crippen molar-refractivity contribution >= 4 is 17.2 Å². The third-order valence-corrected chi connectivity index (χ3v) is 3.58. The number of amides is 1. The van der Waals surface area contributed by atoms with Crippen LogP contribution in [0.4, 0.5) is 14.5 Å². The van der Waals surface area contributed by atoms with Gasteiger partial charge in [-0.1, -0.05) is 12.1 Å². The fourth-order valence-corrected chi connectivity index (χ4v) is 2.39. The molecule has 0 aliphatic heterocycles. The lowest BCUT2D eigenvalue weighted by Gasteiger charge is -2.10. The number of pyridine rings is 1. The Morgan fingerprint density at radius 3 is 2.46 bits per heavy atom. The molecule has 0 unspecified atom stereocenters. The average Bonchev–Trinajstić information content (AvgIpc) is 2.52. The van der Waals surface area contributed by atoms with E-state index in [1.807, 2.05) is 0 Å². The number of rotatable bonds is 2. The third kappa shape index (κ3) is 2.64. The molecule has 0 spiro atoms. The molecule has 1 amide bonds. The van der Waals surface area contributed by atoms with E-state index >= 15 is 0 Å². The highest BCUT2D eigenvalue weighted by atomic mass is 19.1. The Morgan fingerprint density at radius 1 is 1.12 bits per heavy atom. The van der Waals surface area contributed by atoms with Crippen molar-refractivity contribution in [1.82, 2.24) is 9.38 Å². The van der Waals surface area contributed by atoms with Gasteiger partial charge in [-0.2, -0.15) is 0 Å². The van der Waals surface area contributed by atoms with Gasteiger partial charge < -0.3 is 5.32 Å². The van der Waals surface area contributed by atoms with E-state index in [0.717, 1.165) is 23.8 Å². The second kappa shape index (κ2) is 5.84. The summed E-state index contributed by atoms with van der Waals surface area (Å²) in [4.78, 5) is 29.0. The molecule has 2 heterocycles. The minimum Gasteiger partial charge on any atom is -0.316 e. The van der Waals surface area contributed by atoms with Crippen LogP contribution in [-0.4, -0.2) is 15.3 Å². The molecule has 3 aromatic rings. The highest BCUT2D eigenvalue weighted by Crippen LogP contribution is 2.15. The number of nitrogens with one attached hydrogen (secondary N) is 1. The van der Waals surface area contributed by atoms with E-state index in [1.54, 1.807) is 25.3 Å². The number of halogens is 2. The van der Waals surface area contributed by atoms with Crippen molar-refractivity contribution in [2.24, 2.45) is 0 Å². The minimum atomic E-state index is -1.04. The van der Waals surface area contributed by atoms with Gasteiger partial charge in [0, 0.05) is 6.20 Å². The van der Waals surface area contributed by atoms with E-state index in [4.69, 9.17) is 0 Å². The fourth-order valence-electron chi connectivity index (χ4n) is 2.39. The molecule has 0 saturated carbocycles. The molecule has 0 fully saturated rings. The molecule has 0 saturated heterocycles. The zero-order valence-corrected chi connectivity index (χ0v) is 12.9. The predicted molar refractivity (Wildman–Crippen MR) is 85.2 cm³/mol. The topological polar surface area (TPSA) is 63.5 Å². The summed E-state index contributed by atoms with van der Waals surface area (Å²) in [5, 5.41) is 2.27. The molecule has 1 N–H and O–H groups in total. The van der Waals surface area contributed by atoms with Gasteiger partial charge in [0.15, 0.2) is 0 Å². The number of hydrogen-bond donors (Lipinski definition) is 1. The molecule has 2 aromatic heterocycles. The molecular formula is C17H13F2N3O2. The Bertz CT molecular complexity index is 1010. The van der Waals surface area contributed by atoms with Crippen LogP contribution in [0.1, 0.15) is 21.6 Å². The maximum atomic E-state index is 13.7. The lowest BCUT2D eigenvalue weighted by atomic mass is 10.2. The number of aromatic nitrogens is 2. The standard InChI is InChI=1S/C17H13F2N3O2/c1-9-6-7-13-20-10(2)15(17(24)22(13)8-9)21-16(23)14-11(18)4-3-5-12(14)19/h3-8H,1-2H3,(H,21,23). The van der Waals surface area contributed by atoms with E-state index in [0.29, 0.717) is 5.65 Å². The van der Waals surface area contributed by atoms with Gasteiger partial charge in [0.2, 0.25) is 0 Å². The van der Waals surface area contributed by atoms with Gasteiger partial charge in [-0.05, 0) is 37.6 Å². The van der Waals surface area contributed by atoms with Gasteiger partial charge in [0.05, 0.1) is 5.69 Å². The SMILES string of the molecule is Cc1ccc2nc(C)c(NC(=O)c3c(F)cccc3F)c(=O)n2c1. The zero-order chi connectivity index (χ0) is 17.4. The summed E-state index contributed by atoms with van der Waals surface area (Å²) in [5.74, 6) is -3.05. The highest BCUT2D eigenvalue weighted by molar-refractivity contribution is 6.04. The Morgan fingerprint density at radius 2 is 1.79 bits per heavy atom. The third-order valence-electron chi connectivity index (χ3n) is 3.58. The molecule has 3 rings (SSSR count). The van der Waals surface area contributed by atoms with Crippen LogP contribution in [0.2, 0.25) is 0 Å². The first-order valence-corrected chi connectivity index (χ1v) is 7.13. The molecule has 0 radical (unpaired) electrons. The van der Waals surface area contributed by atoms with Gasteiger partial charge in [-0.15, -0.1) is 0 Å². The summed E-state index contributed by atoms with van der Waals surface area (Å²) in [5.41, 5.74) is 0.113. The predicted octanol–water partition coefficient (Wildman–Crippen LogP) is 2.84. The number of nitrogens with zero attached hydrogens (tertiary/aromatic N) is 2. The number of aryl methyl sites for hydroxylation is 2. The average molecular weight is 329 g/mol. The van der Waals surface area contributed by atoms with Crippen LogP contribution in [0.3, 0.4) is 0 Å². The van der Waals surface area contributed by atoms with Crippen molar-refractivity contribution < 1.29 is 13.6 Å². The first-order chi connectivity index (χ1) is 11.4. The van der Waals surface area contributed by atoms with Crippen molar-refractivity contribution in [3.63, 3.8) is 0 Å². The smallest absolute Gasteiger partial charge is 0.281 e. The molecule has 0 atom stereocenters. The maximum absolute atomic E-state index is 13.7. The monoisotopic (exact) mass is 329 g/mol. The molecular weight excluding hydrogens is 316 g/mol. The van der Waals surface area contributed by atoms with Crippen molar-refractivity contribution in [3.05, 3.63) is 75.3 Å². The minimum absolute atomic E-state index is 0.120. The quantitative estimate of drug-likeness (QED) is 0.786. The second-order valence-corrected chi connectivity index (χ2v) is 5.36. The van der Waals surface area contributed by atoms with Crippen molar-refractivity contribution in [2.75, 3.05) is 5.32 Å². The highest BCUT2D eigenvalue weighted by Gasteiger charge is 2.20. The molecule has 0 bridgehead atoms. The first-order valence-electron chi connectivity index (χ1n) is 7.13. The lowest BCUT2D eigenvalue weighted by Crippen LogP contribution is -2.26. The molecule has 0 aliphatic carbocycles. The van der Waals surface area contributed by atoms with Crippen LogP contribution in [0.5, 0.6) is 0 Å². The van der Waals surface area contributed by atoms with Crippen molar-refractivity contribution in [2.45, 2.75) is 13.8 Å². The van der Waals surface area contributed by atoms with Crippen LogP contribution >= 0.6 is 0 Å². The second-order valence-electron chi connectivity index (χ2n) is 5.36. The molecule has 7 heteroatoms. The number of fused-ring (bicyclic) bond motifs is 1. The van der Waals surface area contributed by atoms with E-state index < -0.39 is 28.7 Å². The van der Waals surface area contributed by atoms with Crippen molar-refractivity contribution in [3.8, 4) is 0 Å². The Labute approximate surface area is 135 Å². The van der Waals surface area contributed by atoms with Gasteiger partial charge in [0.25, 0.3) is 11.5 Å². The summed E-state index contributed by atoms with van der Waals surface area (Å²) in [6, 6.07) is 6.57. The first kappa shape index (κ1) is 15.8. The van der Waals surface area contributed by atoms with Gasteiger partial charge >= 0.3 is 0 Å². The van der Waals surface area contributed by atoms with E-state index in [-0.39, 0.29) is 11.4 Å². The largest absolute Gasteiger partial charge is 0.316 e. The summed E-state index contributed by atoms with van der Waals surface area (Å²) < 4.78 is 28.7. The van der Waals surface area contributed by atoms with E-state index in [2.05, 4.69) is 10.3 Å². The molecule has 24 heavy (non-hydrogen) atoms. The summed E-state index contributed by atoms with van der Waals surface area (Å²) >= 11 is 0. The number of hydrogen-bond acceptors (Lipinski definition) is 3. The lowest BCUT2D eigenvalue weighted by molar-refractivity contribution is 0.101. The molecule has 0 aliphatic rings. The summed E-state index contributed by atoms with van der Waals surface area (Å²) in [6.45, 7) is 3.34. The van der Waals surface area contributed by atoms with Crippen LogP contribution in [0.25, 0.3) is 5.65 Å². The normalized spacial score (nSPS) is 10.8. The molecule has 1 aromatic carbocycles.